The molecule has 0 N–H and O–H groups in total. The number of ether oxygens (including phenoxy) is 2. The zero-order valence-corrected chi connectivity index (χ0v) is 7.50. The molecule has 1 heterocycles. The van der Waals surface area contributed by atoms with Crippen molar-refractivity contribution in [1.82, 2.24) is 0 Å². The maximum absolute atomic E-state index is 5.50. The molecule has 1 saturated heterocycles. The average Bonchev–Trinajstić information content (AvgIpc) is 2.42. The summed E-state index contributed by atoms with van der Waals surface area (Å²) in [5.74, 6) is 0.713. The van der Waals surface area contributed by atoms with Gasteiger partial charge in [-0.1, -0.05) is 15.9 Å². The predicted molar refractivity (Wildman–Crippen MR) is 41.1 cm³/mol. The van der Waals surface area contributed by atoms with Crippen LogP contribution in [0, 0.1) is 5.92 Å². The predicted octanol–water partition coefficient (Wildman–Crippen LogP) is 1.53. The molecule has 2 aliphatic rings. The van der Waals surface area contributed by atoms with Crippen LogP contribution in [0.15, 0.2) is 0 Å². The molecule has 0 aromatic heterocycles. The molecule has 2 nitrogen and oxygen atoms in total. The van der Waals surface area contributed by atoms with Gasteiger partial charge in [-0.25, -0.2) is 0 Å². The third-order valence-corrected chi connectivity index (χ3v) is 3.15. The molecular weight excluding hydrogens is 196 g/mol. The van der Waals surface area contributed by atoms with E-state index in [1.165, 1.54) is 6.42 Å². The maximum atomic E-state index is 5.50. The average molecular weight is 207 g/mol. The monoisotopic (exact) mass is 206 g/mol. The van der Waals surface area contributed by atoms with Gasteiger partial charge < -0.3 is 9.47 Å². The zero-order chi connectivity index (χ0) is 7.14. The van der Waals surface area contributed by atoms with Gasteiger partial charge >= 0.3 is 0 Å². The van der Waals surface area contributed by atoms with Crippen LogP contribution in [0.4, 0.5) is 0 Å². The summed E-state index contributed by atoms with van der Waals surface area (Å²) in [7, 11) is 0. The first-order chi connectivity index (χ1) is 4.77. The molecule has 1 aliphatic carbocycles. The molecule has 4 atom stereocenters. The molecule has 1 aliphatic heterocycles. The Balaban J connectivity index is 1.85. The fraction of sp³-hybridized carbons (Fsp3) is 1.00. The van der Waals surface area contributed by atoms with Crippen LogP contribution < -0.4 is 0 Å². The molecule has 0 bridgehead atoms. The lowest BCUT2D eigenvalue weighted by Gasteiger charge is -2.05. The van der Waals surface area contributed by atoms with Crippen molar-refractivity contribution >= 4 is 15.9 Å². The van der Waals surface area contributed by atoms with E-state index in [2.05, 4.69) is 15.9 Å². The van der Waals surface area contributed by atoms with Gasteiger partial charge in [-0.05, 0) is 13.3 Å². The highest BCUT2D eigenvalue weighted by Gasteiger charge is 2.44. The van der Waals surface area contributed by atoms with Gasteiger partial charge in [-0.3, -0.25) is 0 Å². The number of halogens is 1. The third kappa shape index (κ3) is 1.22. The van der Waals surface area contributed by atoms with Gasteiger partial charge in [-0.2, -0.15) is 0 Å². The SMILES string of the molecule is CC1OCC(C2CC2Br)O1. The van der Waals surface area contributed by atoms with Crippen molar-refractivity contribution in [3.05, 3.63) is 0 Å². The second kappa shape index (κ2) is 2.47. The highest BCUT2D eigenvalue weighted by atomic mass is 79.9. The Morgan fingerprint density at radius 2 is 2.20 bits per heavy atom. The summed E-state index contributed by atoms with van der Waals surface area (Å²) in [4.78, 5) is 0.686. The molecule has 0 amide bonds. The fourth-order valence-electron chi connectivity index (χ4n) is 1.35. The van der Waals surface area contributed by atoms with E-state index in [0.717, 1.165) is 6.61 Å². The normalized spacial score (nSPS) is 53.4. The van der Waals surface area contributed by atoms with Crippen LogP contribution in [-0.4, -0.2) is 23.8 Å². The Morgan fingerprint density at radius 3 is 2.60 bits per heavy atom. The zero-order valence-electron chi connectivity index (χ0n) is 5.92. The maximum Gasteiger partial charge on any atom is 0.155 e. The van der Waals surface area contributed by atoms with Crippen LogP contribution in [-0.2, 0) is 9.47 Å². The minimum atomic E-state index is 0.0188. The lowest BCUT2D eigenvalue weighted by atomic mass is 10.2. The van der Waals surface area contributed by atoms with Crippen molar-refractivity contribution in [1.29, 1.82) is 0 Å². The molecule has 4 unspecified atom stereocenters. The standard InChI is InChI=1S/C7H11BrO2/c1-4-9-3-7(10-4)5-2-6(5)8/h4-7H,2-3H2,1H3. The van der Waals surface area contributed by atoms with E-state index in [0.29, 0.717) is 16.8 Å². The van der Waals surface area contributed by atoms with Crippen LogP contribution in [0.25, 0.3) is 0 Å². The minimum Gasteiger partial charge on any atom is -0.350 e. The highest BCUT2D eigenvalue weighted by Crippen LogP contribution is 2.43. The quantitative estimate of drug-likeness (QED) is 0.607. The van der Waals surface area contributed by atoms with Crippen LogP contribution in [0.2, 0.25) is 0 Å². The smallest absolute Gasteiger partial charge is 0.155 e. The van der Waals surface area contributed by atoms with E-state index in [1.807, 2.05) is 6.92 Å². The van der Waals surface area contributed by atoms with Crippen LogP contribution in [0.1, 0.15) is 13.3 Å². The molecule has 2 fully saturated rings. The Bertz CT molecular complexity index is 140. The highest BCUT2D eigenvalue weighted by molar-refractivity contribution is 9.09. The third-order valence-electron chi connectivity index (χ3n) is 2.10. The van der Waals surface area contributed by atoms with Crippen molar-refractivity contribution in [2.24, 2.45) is 5.92 Å². The number of rotatable bonds is 1. The van der Waals surface area contributed by atoms with Crippen molar-refractivity contribution in [2.75, 3.05) is 6.61 Å². The summed E-state index contributed by atoms with van der Waals surface area (Å²) in [6.07, 6.45) is 1.63. The van der Waals surface area contributed by atoms with Gasteiger partial charge in [-0.15, -0.1) is 0 Å². The van der Waals surface area contributed by atoms with E-state index >= 15 is 0 Å². The van der Waals surface area contributed by atoms with Crippen molar-refractivity contribution < 1.29 is 9.47 Å². The molecular formula is C7H11BrO2. The first-order valence-corrected chi connectivity index (χ1v) is 4.60. The summed E-state index contributed by atoms with van der Waals surface area (Å²) in [6.45, 7) is 2.74. The van der Waals surface area contributed by atoms with Crippen molar-refractivity contribution in [3.63, 3.8) is 0 Å². The molecule has 0 aromatic rings. The molecule has 0 radical (unpaired) electrons. The van der Waals surface area contributed by atoms with Gasteiger partial charge in [0.15, 0.2) is 6.29 Å². The minimum absolute atomic E-state index is 0.0188. The summed E-state index contributed by atoms with van der Waals surface area (Å²) in [6, 6.07) is 0. The Kier molecular flexibility index (Phi) is 1.74. The van der Waals surface area contributed by atoms with Crippen LogP contribution in [0.3, 0.4) is 0 Å². The molecule has 1 saturated carbocycles. The number of alkyl halides is 1. The van der Waals surface area contributed by atoms with Gasteiger partial charge in [0.2, 0.25) is 0 Å². The summed E-state index contributed by atoms with van der Waals surface area (Å²) < 4.78 is 10.8. The van der Waals surface area contributed by atoms with Gasteiger partial charge in [0.05, 0.1) is 12.7 Å². The van der Waals surface area contributed by atoms with Gasteiger partial charge in [0.1, 0.15) is 0 Å². The number of hydrogen-bond acceptors (Lipinski definition) is 2. The van der Waals surface area contributed by atoms with E-state index in [9.17, 15) is 0 Å². The Morgan fingerprint density at radius 1 is 1.50 bits per heavy atom. The summed E-state index contributed by atoms with van der Waals surface area (Å²) >= 11 is 3.54. The lowest BCUT2D eigenvalue weighted by molar-refractivity contribution is -0.0454. The Labute approximate surface area is 69.0 Å². The molecule has 2 rings (SSSR count). The largest absolute Gasteiger partial charge is 0.350 e. The van der Waals surface area contributed by atoms with Gasteiger partial charge in [0, 0.05) is 10.7 Å². The lowest BCUT2D eigenvalue weighted by Crippen LogP contribution is -2.14. The second-order valence-electron chi connectivity index (χ2n) is 2.99. The van der Waals surface area contributed by atoms with E-state index in [4.69, 9.17) is 9.47 Å². The van der Waals surface area contributed by atoms with E-state index < -0.39 is 0 Å². The molecule has 10 heavy (non-hydrogen) atoms. The molecule has 0 spiro atoms. The first kappa shape index (κ1) is 7.07. The van der Waals surface area contributed by atoms with Crippen LogP contribution in [0.5, 0.6) is 0 Å². The molecule has 3 heteroatoms. The summed E-state index contributed by atoms with van der Waals surface area (Å²) in [5, 5.41) is 0. The molecule has 58 valence electrons. The van der Waals surface area contributed by atoms with E-state index in [-0.39, 0.29) is 6.29 Å². The Hall–Kier alpha value is 0.400. The first-order valence-electron chi connectivity index (χ1n) is 3.68. The summed E-state index contributed by atoms with van der Waals surface area (Å²) in [5.41, 5.74) is 0. The topological polar surface area (TPSA) is 18.5 Å². The van der Waals surface area contributed by atoms with Crippen molar-refractivity contribution in [3.8, 4) is 0 Å². The van der Waals surface area contributed by atoms with Crippen LogP contribution >= 0.6 is 15.9 Å². The molecule has 0 aromatic carbocycles. The second-order valence-corrected chi connectivity index (χ2v) is 4.17. The number of hydrogen-bond donors (Lipinski definition) is 0. The van der Waals surface area contributed by atoms with Gasteiger partial charge in [0.25, 0.3) is 0 Å². The fourth-order valence-corrected chi connectivity index (χ4v) is 2.12. The van der Waals surface area contributed by atoms with E-state index in [1.54, 1.807) is 0 Å². The van der Waals surface area contributed by atoms with Crippen molar-refractivity contribution in [2.45, 2.75) is 30.6 Å².